The van der Waals surface area contributed by atoms with Crippen LogP contribution in [0, 0.1) is 0 Å². The summed E-state index contributed by atoms with van der Waals surface area (Å²) in [6.07, 6.45) is 1.71. The molecule has 0 spiro atoms. The van der Waals surface area contributed by atoms with Gasteiger partial charge in [-0.1, -0.05) is 0 Å². The van der Waals surface area contributed by atoms with Crippen LogP contribution in [0.3, 0.4) is 0 Å². The number of thiophene rings is 1. The number of rotatable bonds is 1. The number of carbonyl (C=O) groups excluding carboxylic acids is 1. The van der Waals surface area contributed by atoms with Crippen molar-refractivity contribution in [3.05, 3.63) is 23.2 Å². The Labute approximate surface area is 122 Å². The third kappa shape index (κ3) is 2.14. The lowest BCUT2D eigenvalue weighted by atomic mass is 10.2. The number of piperazine rings is 1. The Morgan fingerprint density at radius 3 is 3.00 bits per heavy atom. The first-order valence-electron chi connectivity index (χ1n) is 6.70. The number of pyridine rings is 1. The molecule has 1 atom stereocenters. The van der Waals surface area contributed by atoms with E-state index in [1.165, 1.54) is 11.3 Å². The van der Waals surface area contributed by atoms with Gasteiger partial charge >= 0.3 is 0 Å². The van der Waals surface area contributed by atoms with E-state index < -0.39 is 0 Å². The number of nitrogens with zero attached hydrogens (tertiary/aromatic N) is 3. The maximum Gasteiger partial charge on any atom is 0.266 e. The smallest absolute Gasteiger partial charge is 0.266 e. The average Bonchev–Trinajstić information content (AvgIpc) is 2.79. The molecule has 1 aliphatic heterocycles. The highest BCUT2D eigenvalue weighted by molar-refractivity contribution is 7.21. The predicted octanol–water partition coefficient (Wildman–Crippen LogP) is 1.65. The van der Waals surface area contributed by atoms with Crippen LogP contribution in [0.25, 0.3) is 10.2 Å². The number of nitrogens with two attached hydrogens (primary N) is 1. The molecule has 3 heterocycles. The Balaban J connectivity index is 1.91. The molecular weight excluding hydrogens is 272 g/mol. The molecule has 5 nitrogen and oxygen atoms in total. The highest BCUT2D eigenvalue weighted by Gasteiger charge is 2.28. The summed E-state index contributed by atoms with van der Waals surface area (Å²) in [4.78, 5) is 21.7. The van der Waals surface area contributed by atoms with Gasteiger partial charge in [0.25, 0.3) is 5.91 Å². The molecule has 0 aromatic carbocycles. The van der Waals surface area contributed by atoms with Crippen molar-refractivity contribution in [1.82, 2.24) is 14.8 Å². The number of carbonyl (C=O) groups is 1. The first-order chi connectivity index (χ1) is 9.58. The van der Waals surface area contributed by atoms with Crippen molar-refractivity contribution in [1.29, 1.82) is 0 Å². The van der Waals surface area contributed by atoms with Gasteiger partial charge in [-0.15, -0.1) is 11.3 Å². The summed E-state index contributed by atoms with van der Waals surface area (Å²) in [6, 6.07) is 4.19. The SMILES string of the molecule is CC1CN(C(=O)c2sc3cccnc3c2N)CCN1C. The Morgan fingerprint density at radius 2 is 2.30 bits per heavy atom. The zero-order valence-electron chi connectivity index (χ0n) is 11.7. The molecule has 6 heteroatoms. The second-order valence-corrected chi connectivity index (χ2v) is 6.33. The maximum atomic E-state index is 12.7. The van der Waals surface area contributed by atoms with E-state index in [0.29, 0.717) is 16.6 Å². The minimum absolute atomic E-state index is 0.0328. The van der Waals surface area contributed by atoms with Crippen LogP contribution >= 0.6 is 11.3 Å². The first-order valence-corrected chi connectivity index (χ1v) is 7.52. The third-order valence-electron chi connectivity index (χ3n) is 3.92. The zero-order chi connectivity index (χ0) is 14.3. The number of hydrogen-bond donors (Lipinski definition) is 1. The number of likely N-dealkylation sites (N-methyl/N-ethyl adjacent to an activating group) is 1. The van der Waals surface area contributed by atoms with Crippen molar-refractivity contribution in [3.63, 3.8) is 0 Å². The summed E-state index contributed by atoms with van der Waals surface area (Å²) in [7, 11) is 2.09. The fraction of sp³-hybridized carbons (Fsp3) is 0.429. The van der Waals surface area contributed by atoms with Gasteiger partial charge in [-0.3, -0.25) is 9.78 Å². The number of hydrogen-bond acceptors (Lipinski definition) is 5. The molecule has 2 aromatic rings. The van der Waals surface area contributed by atoms with Crippen LogP contribution in [-0.4, -0.2) is 53.4 Å². The Morgan fingerprint density at radius 1 is 1.50 bits per heavy atom. The van der Waals surface area contributed by atoms with E-state index in [2.05, 4.69) is 23.9 Å². The third-order valence-corrected chi connectivity index (χ3v) is 5.07. The van der Waals surface area contributed by atoms with Gasteiger partial charge in [-0.05, 0) is 26.1 Å². The minimum Gasteiger partial charge on any atom is -0.396 e. The van der Waals surface area contributed by atoms with Gasteiger partial charge in [0.15, 0.2) is 0 Å². The molecule has 1 unspecified atom stereocenters. The van der Waals surface area contributed by atoms with Crippen molar-refractivity contribution >= 4 is 33.1 Å². The van der Waals surface area contributed by atoms with Gasteiger partial charge in [0.2, 0.25) is 0 Å². The van der Waals surface area contributed by atoms with E-state index in [1.54, 1.807) is 6.20 Å². The molecule has 1 saturated heterocycles. The number of aromatic nitrogens is 1. The van der Waals surface area contributed by atoms with Crippen LogP contribution in [-0.2, 0) is 0 Å². The normalized spacial score (nSPS) is 20.5. The summed E-state index contributed by atoms with van der Waals surface area (Å²) in [6.45, 7) is 4.53. The topological polar surface area (TPSA) is 62.5 Å². The molecule has 106 valence electrons. The summed E-state index contributed by atoms with van der Waals surface area (Å²) in [5.74, 6) is 0.0328. The molecule has 20 heavy (non-hydrogen) atoms. The van der Waals surface area contributed by atoms with Crippen molar-refractivity contribution in [3.8, 4) is 0 Å². The van der Waals surface area contributed by atoms with Crippen LogP contribution < -0.4 is 5.73 Å². The molecule has 1 amide bonds. The lowest BCUT2D eigenvalue weighted by Gasteiger charge is -2.37. The highest BCUT2D eigenvalue weighted by Crippen LogP contribution is 2.33. The Hall–Kier alpha value is -1.66. The molecule has 2 N–H and O–H groups in total. The number of amides is 1. The average molecular weight is 290 g/mol. The summed E-state index contributed by atoms with van der Waals surface area (Å²) in [5, 5.41) is 0. The van der Waals surface area contributed by atoms with Gasteiger partial charge in [0.1, 0.15) is 10.4 Å². The lowest BCUT2D eigenvalue weighted by molar-refractivity contribution is 0.0578. The van der Waals surface area contributed by atoms with Crippen LogP contribution in [0.2, 0.25) is 0 Å². The van der Waals surface area contributed by atoms with E-state index in [0.717, 1.165) is 29.9 Å². The largest absolute Gasteiger partial charge is 0.396 e. The Kier molecular flexibility index (Phi) is 3.35. The van der Waals surface area contributed by atoms with E-state index in [4.69, 9.17) is 5.73 Å². The van der Waals surface area contributed by atoms with Gasteiger partial charge in [-0.25, -0.2) is 0 Å². The van der Waals surface area contributed by atoms with Crippen molar-refractivity contribution < 1.29 is 4.79 Å². The van der Waals surface area contributed by atoms with Gasteiger partial charge in [0.05, 0.1) is 10.4 Å². The van der Waals surface area contributed by atoms with E-state index in [1.807, 2.05) is 17.0 Å². The first kappa shape index (κ1) is 13.3. The van der Waals surface area contributed by atoms with Crippen molar-refractivity contribution in [2.24, 2.45) is 0 Å². The maximum absolute atomic E-state index is 12.7. The summed E-state index contributed by atoms with van der Waals surface area (Å²) in [5.41, 5.74) is 7.35. The molecule has 1 aliphatic rings. The standard InChI is InChI=1S/C14H18N4OS/c1-9-8-18(7-6-17(9)2)14(19)13-11(15)12-10(20-13)4-3-5-16-12/h3-5,9H,6-8,15H2,1-2H3. The molecule has 3 rings (SSSR count). The second kappa shape index (κ2) is 5.03. The van der Waals surface area contributed by atoms with E-state index in [9.17, 15) is 4.79 Å². The molecule has 2 aromatic heterocycles. The molecule has 0 aliphatic carbocycles. The van der Waals surface area contributed by atoms with Crippen LogP contribution in [0.4, 0.5) is 5.69 Å². The van der Waals surface area contributed by atoms with Crippen LogP contribution in [0.15, 0.2) is 18.3 Å². The van der Waals surface area contributed by atoms with Gasteiger partial charge in [0, 0.05) is 31.9 Å². The van der Waals surface area contributed by atoms with E-state index in [-0.39, 0.29) is 5.91 Å². The minimum atomic E-state index is 0.0328. The van der Waals surface area contributed by atoms with Crippen LogP contribution in [0.1, 0.15) is 16.6 Å². The molecule has 1 fully saturated rings. The summed E-state index contributed by atoms with van der Waals surface area (Å²) >= 11 is 1.44. The zero-order valence-corrected chi connectivity index (χ0v) is 12.5. The highest BCUT2D eigenvalue weighted by atomic mass is 32.1. The quantitative estimate of drug-likeness (QED) is 0.867. The van der Waals surface area contributed by atoms with Gasteiger partial charge < -0.3 is 15.5 Å². The molecule has 0 radical (unpaired) electrons. The molecule has 0 bridgehead atoms. The predicted molar refractivity (Wildman–Crippen MR) is 82.0 cm³/mol. The summed E-state index contributed by atoms with van der Waals surface area (Å²) < 4.78 is 0.968. The second-order valence-electron chi connectivity index (χ2n) is 5.28. The van der Waals surface area contributed by atoms with E-state index >= 15 is 0 Å². The Bertz CT molecular complexity index is 654. The number of fused-ring (bicyclic) bond motifs is 1. The lowest BCUT2D eigenvalue weighted by Crippen LogP contribution is -2.51. The molecular formula is C14H18N4OS. The fourth-order valence-corrected chi connectivity index (χ4v) is 3.53. The van der Waals surface area contributed by atoms with Crippen LogP contribution in [0.5, 0.6) is 0 Å². The van der Waals surface area contributed by atoms with Crippen molar-refractivity contribution in [2.45, 2.75) is 13.0 Å². The van der Waals surface area contributed by atoms with Gasteiger partial charge in [-0.2, -0.15) is 0 Å². The fourth-order valence-electron chi connectivity index (χ4n) is 2.48. The van der Waals surface area contributed by atoms with Crippen molar-refractivity contribution in [2.75, 3.05) is 32.4 Å². The molecule has 0 saturated carbocycles. The number of nitrogen functional groups attached to an aromatic ring is 1. The number of anilines is 1. The monoisotopic (exact) mass is 290 g/mol.